The average molecular weight is 481 g/mol. The number of aliphatic hydroxyl groups excluding tert-OH is 1. The summed E-state index contributed by atoms with van der Waals surface area (Å²) >= 11 is 0. The molecule has 1 N–H and O–H groups in total. The zero-order chi connectivity index (χ0) is 25.1. The summed E-state index contributed by atoms with van der Waals surface area (Å²) in [5, 5.41) is 9.24. The van der Waals surface area contributed by atoms with Crippen molar-refractivity contribution in [3.8, 4) is 22.6 Å². The van der Waals surface area contributed by atoms with Crippen molar-refractivity contribution in [3.05, 3.63) is 102 Å². The molecule has 0 saturated heterocycles. The number of nitrogens with zero attached hydrogens (tertiary/aromatic N) is 4. The number of aliphatic imine (C=N–C) groups is 1. The third-order valence-corrected chi connectivity index (χ3v) is 6.45. The fourth-order valence-electron chi connectivity index (χ4n) is 4.55. The van der Waals surface area contributed by atoms with E-state index < -0.39 is 6.04 Å². The van der Waals surface area contributed by atoms with Crippen LogP contribution >= 0.6 is 0 Å². The number of imidazole rings is 1. The molecule has 7 nitrogen and oxygen atoms in total. The Hall–Kier alpha value is -4.07. The SMILES string of the molecule is COc1ccc(-n2cnc3c2C(=O)C(c2ccc(-c4ccccc4CN(C)CCO)cc2)N=C3)cc1. The zero-order valence-electron chi connectivity index (χ0n) is 20.3. The van der Waals surface area contributed by atoms with Crippen LogP contribution in [0.4, 0.5) is 0 Å². The van der Waals surface area contributed by atoms with Gasteiger partial charge in [0.15, 0.2) is 0 Å². The van der Waals surface area contributed by atoms with Gasteiger partial charge in [-0.15, -0.1) is 0 Å². The van der Waals surface area contributed by atoms with E-state index in [2.05, 4.69) is 27.0 Å². The number of rotatable bonds is 8. The first-order chi connectivity index (χ1) is 17.6. The first kappa shape index (κ1) is 23.7. The smallest absolute Gasteiger partial charge is 0.210 e. The van der Waals surface area contributed by atoms with E-state index in [9.17, 15) is 9.90 Å². The number of methoxy groups -OCH3 is 1. The van der Waals surface area contributed by atoms with Crippen LogP contribution in [-0.4, -0.2) is 58.9 Å². The highest BCUT2D eigenvalue weighted by Gasteiger charge is 2.30. The summed E-state index contributed by atoms with van der Waals surface area (Å²) in [5.41, 5.74) is 6.16. The minimum Gasteiger partial charge on any atom is -0.497 e. The number of fused-ring (bicyclic) bond motifs is 1. The second kappa shape index (κ2) is 10.3. The van der Waals surface area contributed by atoms with Crippen molar-refractivity contribution >= 4 is 12.0 Å². The standard InChI is InChI=1S/C29H28N4O3/c1-32(15-16-34)18-22-5-3-4-6-25(22)20-7-9-21(10-8-20)27-29(35)28-26(17-30-27)31-19-33(28)23-11-13-24(36-2)14-12-23/h3-14,17,19,27,34H,15-16,18H2,1-2H3. The third kappa shape index (κ3) is 4.58. The second-order valence-corrected chi connectivity index (χ2v) is 8.83. The highest BCUT2D eigenvalue weighted by Crippen LogP contribution is 2.31. The van der Waals surface area contributed by atoms with Gasteiger partial charge in [0.1, 0.15) is 29.5 Å². The molecule has 1 unspecified atom stereocenters. The highest BCUT2D eigenvalue weighted by molar-refractivity contribution is 6.08. The van der Waals surface area contributed by atoms with Gasteiger partial charge < -0.3 is 9.84 Å². The quantitative estimate of drug-likeness (QED) is 0.406. The number of aromatic nitrogens is 2. The molecule has 182 valence electrons. The van der Waals surface area contributed by atoms with Crippen LogP contribution in [0.15, 0.2) is 84.1 Å². The molecule has 0 spiro atoms. The number of carbonyl (C=O) groups is 1. The van der Waals surface area contributed by atoms with E-state index >= 15 is 0 Å². The topological polar surface area (TPSA) is 80.0 Å². The summed E-state index contributed by atoms with van der Waals surface area (Å²) in [7, 11) is 3.62. The first-order valence-electron chi connectivity index (χ1n) is 11.9. The normalized spacial score (nSPS) is 14.8. The Morgan fingerprint density at radius 1 is 1.03 bits per heavy atom. The lowest BCUT2D eigenvalue weighted by atomic mass is 9.94. The summed E-state index contributed by atoms with van der Waals surface area (Å²) in [6, 6.07) is 23.2. The number of aliphatic hydroxyl groups is 1. The molecule has 0 saturated carbocycles. The van der Waals surface area contributed by atoms with Gasteiger partial charge in [0.05, 0.1) is 19.9 Å². The van der Waals surface area contributed by atoms with E-state index in [-0.39, 0.29) is 12.4 Å². The lowest BCUT2D eigenvalue weighted by Gasteiger charge is -2.19. The van der Waals surface area contributed by atoms with Gasteiger partial charge in [0.25, 0.3) is 0 Å². The summed E-state index contributed by atoms with van der Waals surface area (Å²) in [6.07, 6.45) is 3.34. The van der Waals surface area contributed by atoms with E-state index in [0.29, 0.717) is 17.9 Å². The van der Waals surface area contributed by atoms with Crippen molar-refractivity contribution in [2.75, 3.05) is 27.3 Å². The Morgan fingerprint density at radius 2 is 1.78 bits per heavy atom. The van der Waals surface area contributed by atoms with Crippen molar-refractivity contribution in [3.63, 3.8) is 0 Å². The number of benzene rings is 3. The van der Waals surface area contributed by atoms with Crippen molar-refractivity contribution in [1.29, 1.82) is 0 Å². The molecule has 2 heterocycles. The van der Waals surface area contributed by atoms with E-state index in [1.807, 2.05) is 72.3 Å². The molecule has 0 amide bonds. The Balaban J connectivity index is 1.41. The minimum atomic E-state index is -0.619. The highest BCUT2D eigenvalue weighted by atomic mass is 16.5. The lowest BCUT2D eigenvalue weighted by molar-refractivity contribution is 0.0953. The molecule has 4 aromatic rings. The molecule has 36 heavy (non-hydrogen) atoms. The summed E-state index contributed by atoms with van der Waals surface area (Å²) < 4.78 is 7.06. The third-order valence-electron chi connectivity index (χ3n) is 6.45. The average Bonchev–Trinajstić information content (AvgIpc) is 3.35. The molecule has 3 aromatic carbocycles. The van der Waals surface area contributed by atoms with E-state index in [0.717, 1.165) is 34.7 Å². The summed E-state index contributed by atoms with van der Waals surface area (Å²) in [6.45, 7) is 1.48. The summed E-state index contributed by atoms with van der Waals surface area (Å²) in [4.78, 5) is 24.6. The largest absolute Gasteiger partial charge is 0.497 e. The number of hydrogen-bond acceptors (Lipinski definition) is 6. The maximum Gasteiger partial charge on any atom is 0.210 e. The monoisotopic (exact) mass is 480 g/mol. The predicted molar refractivity (Wildman–Crippen MR) is 140 cm³/mol. The number of Topliss-reactive ketones (excluding diaryl/α,β-unsaturated/α-hetero) is 1. The number of likely N-dealkylation sites (N-methyl/N-ethyl adjacent to an activating group) is 1. The molecule has 1 aliphatic heterocycles. The second-order valence-electron chi connectivity index (χ2n) is 8.83. The molecule has 0 radical (unpaired) electrons. The van der Waals surface area contributed by atoms with Crippen LogP contribution in [0.3, 0.4) is 0 Å². The Morgan fingerprint density at radius 3 is 2.50 bits per heavy atom. The molecule has 0 bridgehead atoms. The maximum atomic E-state index is 13.6. The molecule has 5 rings (SSSR count). The molecule has 7 heteroatoms. The van der Waals surface area contributed by atoms with Gasteiger partial charge in [0.2, 0.25) is 5.78 Å². The molecular formula is C29H28N4O3. The molecule has 1 atom stereocenters. The molecule has 0 aliphatic carbocycles. The van der Waals surface area contributed by atoms with Crippen molar-refractivity contribution in [2.24, 2.45) is 4.99 Å². The first-order valence-corrected chi connectivity index (χ1v) is 11.9. The predicted octanol–water partition coefficient (Wildman–Crippen LogP) is 4.33. The van der Waals surface area contributed by atoms with E-state index in [1.165, 1.54) is 5.56 Å². The van der Waals surface area contributed by atoms with Crippen molar-refractivity contribution in [2.45, 2.75) is 12.6 Å². The number of hydrogen-bond donors (Lipinski definition) is 1. The number of carbonyl (C=O) groups excluding carboxylic acids is 1. The van der Waals surface area contributed by atoms with Crippen LogP contribution in [0, 0.1) is 0 Å². The summed E-state index contributed by atoms with van der Waals surface area (Å²) in [5.74, 6) is 0.666. The fourth-order valence-corrected chi connectivity index (χ4v) is 4.55. The Labute approximate surface area is 210 Å². The van der Waals surface area contributed by atoms with Gasteiger partial charge in [0, 0.05) is 18.8 Å². The fraction of sp³-hybridized carbons (Fsp3) is 0.207. The van der Waals surface area contributed by atoms with Crippen LogP contribution < -0.4 is 4.74 Å². The molecule has 1 aromatic heterocycles. The van der Waals surface area contributed by atoms with Gasteiger partial charge >= 0.3 is 0 Å². The van der Waals surface area contributed by atoms with Gasteiger partial charge in [-0.25, -0.2) is 4.98 Å². The van der Waals surface area contributed by atoms with Crippen LogP contribution in [-0.2, 0) is 6.54 Å². The van der Waals surface area contributed by atoms with Crippen LogP contribution in [0.25, 0.3) is 16.8 Å². The van der Waals surface area contributed by atoms with Crippen LogP contribution in [0.1, 0.15) is 33.4 Å². The van der Waals surface area contributed by atoms with Crippen LogP contribution in [0.2, 0.25) is 0 Å². The minimum absolute atomic E-state index is 0.0837. The molecule has 1 aliphatic rings. The number of ketones is 1. The van der Waals surface area contributed by atoms with Gasteiger partial charge in [-0.05, 0) is 53.6 Å². The van der Waals surface area contributed by atoms with Gasteiger partial charge in [-0.2, -0.15) is 0 Å². The van der Waals surface area contributed by atoms with Crippen molar-refractivity contribution in [1.82, 2.24) is 14.5 Å². The molecule has 0 fully saturated rings. The zero-order valence-corrected chi connectivity index (χ0v) is 20.3. The lowest BCUT2D eigenvalue weighted by Crippen LogP contribution is -2.21. The Bertz CT molecular complexity index is 1390. The van der Waals surface area contributed by atoms with Gasteiger partial charge in [-0.3, -0.25) is 19.3 Å². The number of ether oxygens (including phenoxy) is 1. The molecular weight excluding hydrogens is 452 g/mol. The maximum absolute atomic E-state index is 13.6. The van der Waals surface area contributed by atoms with Crippen LogP contribution in [0.5, 0.6) is 5.75 Å². The van der Waals surface area contributed by atoms with E-state index in [1.54, 1.807) is 19.7 Å². The van der Waals surface area contributed by atoms with Gasteiger partial charge in [-0.1, -0.05) is 48.5 Å². The van der Waals surface area contributed by atoms with Crippen molar-refractivity contribution < 1.29 is 14.6 Å². The van der Waals surface area contributed by atoms with E-state index in [4.69, 9.17) is 4.74 Å². The Kier molecular flexibility index (Phi) is 6.75.